The molecule has 1 aromatic carbocycles. The minimum absolute atomic E-state index is 0.155. The van der Waals surface area contributed by atoms with E-state index in [0.29, 0.717) is 11.4 Å². The molecule has 0 spiro atoms. The number of hydrogen-bond acceptors (Lipinski definition) is 3. The zero-order valence-electron chi connectivity index (χ0n) is 10.8. The predicted octanol–water partition coefficient (Wildman–Crippen LogP) is 3.47. The average Bonchev–Trinajstić information content (AvgIpc) is 2.75. The molecule has 0 fully saturated rings. The molecule has 3 rings (SSSR count). The minimum atomic E-state index is -1.04. The van der Waals surface area contributed by atoms with E-state index in [1.165, 1.54) is 16.9 Å². The standard InChI is InChI=1S/C14H11BrN2O3S/c15-7-2-4-8-6(5-7)1-3-9-10(13(18)19)12(17-14(16)20)21-11(8)9/h2,4-5H,1,3H2,(H,18,19)(H3,16,17,20). The first-order chi connectivity index (χ1) is 9.97. The highest BCUT2D eigenvalue weighted by atomic mass is 79.9. The third-order valence-electron chi connectivity index (χ3n) is 3.41. The molecular weight excluding hydrogens is 356 g/mol. The molecular formula is C14H11BrN2O3S. The van der Waals surface area contributed by atoms with Gasteiger partial charge >= 0.3 is 12.0 Å². The first-order valence-corrected chi connectivity index (χ1v) is 7.82. The average molecular weight is 367 g/mol. The number of amides is 2. The van der Waals surface area contributed by atoms with E-state index < -0.39 is 12.0 Å². The Labute approximate surface area is 132 Å². The highest BCUT2D eigenvalue weighted by Crippen LogP contribution is 2.45. The van der Waals surface area contributed by atoms with Crippen LogP contribution in [-0.2, 0) is 12.8 Å². The van der Waals surface area contributed by atoms with E-state index in [2.05, 4.69) is 21.2 Å². The van der Waals surface area contributed by atoms with Crippen LogP contribution in [0.1, 0.15) is 21.5 Å². The number of anilines is 1. The van der Waals surface area contributed by atoms with Gasteiger partial charge in [-0.05, 0) is 41.7 Å². The Morgan fingerprint density at radius 3 is 2.76 bits per heavy atom. The van der Waals surface area contributed by atoms with Crippen molar-refractivity contribution in [1.82, 2.24) is 0 Å². The second-order valence-electron chi connectivity index (χ2n) is 4.71. The Morgan fingerprint density at radius 2 is 2.10 bits per heavy atom. The lowest BCUT2D eigenvalue weighted by Gasteiger charge is -2.16. The van der Waals surface area contributed by atoms with Gasteiger partial charge in [-0.3, -0.25) is 5.32 Å². The number of carbonyl (C=O) groups is 2. The highest BCUT2D eigenvalue weighted by molar-refractivity contribution is 9.10. The van der Waals surface area contributed by atoms with E-state index in [4.69, 9.17) is 5.73 Å². The maximum Gasteiger partial charge on any atom is 0.339 e. The minimum Gasteiger partial charge on any atom is -0.478 e. The number of carboxylic acid groups (broad SMARTS) is 1. The number of rotatable bonds is 2. The molecule has 4 N–H and O–H groups in total. The number of benzene rings is 1. The van der Waals surface area contributed by atoms with E-state index in [9.17, 15) is 14.7 Å². The van der Waals surface area contributed by atoms with Crippen molar-refractivity contribution in [2.24, 2.45) is 5.73 Å². The maximum absolute atomic E-state index is 11.5. The van der Waals surface area contributed by atoms with Crippen LogP contribution in [0, 0.1) is 0 Å². The number of fused-ring (bicyclic) bond motifs is 3. The van der Waals surface area contributed by atoms with Crippen LogP contribution in [0.2, 0.25) is 0 Å². The zero-order chi connectivity index (χ0) is 15.1. The van der Waals surface area contributed by atoms with Crippen molar-refractivity contribution in [3.05, 3.63) is 39.4 Å². The number of nitrogens with one attached hydrogen (secondary N) is 1. The molecule has 5 nitrogen and oxygen atoms in total. The SMILES string of the molecule is NC(=O)Nc1sc2c(c1C(=O)O)CCc1cc(Br)ccc1-2. The summed E-state index contributed by atoms with van der Waals surface area (Å²) in [6.07, 6.45) is 1.41. The number of carbonyl (C=O) groups excluding carboxylic acids is 1. The summed E-state index contributed by atoms with van der Waals surface area (Å²) in [4.78, 5) is 23.5. The van der Waals surface area contributed by atoms with Crippen LogP contribution in [-0.4, -0.2) is 17.1 Å². The van der Waals surface area contributed by atoms with Crippen molar-refractivity contribution in [2.45, 2.75) is 12.8 Å². The highest BCUT2D eigenvalue weighted by Gasteiger charge is 2.28. The van der Waals surface area contributed by atoms with Crippen molar-refractivity contribution in [1.29, 1.82) is 0 Å². The van der Waals surface area contributed by atoms with Crippen LogP contribution in [0.15, 0.2) is 22.7 Å². The van der Waals surface area contributed by atoms with Gasteiger partial charge < -0.3 is 10.8 Å². The number of aryl methyl sites for hydroxylation is 1. The quantitative estimate of drug-likeness (QED) is 0.759. The first kappa shape index (κ1) is 14.1. The molecule has 108 valence electrons. The summed E-state index contributed by atoms with van der Waals surface area (Å²) in [6.45, 7) is 0. The number of carboxylic acids is 1. The summed E-state index contributed by atoms with van der Waals surface area (Å²) in [5, 5.41) is 12.1. The lowest BCUT2D eigenvalue weighted by molar-refractivity contribution is 0.0697. The Balaban J connectivity index is 2.21. The molecule has 2 amide bonds. The summed E-state index contributed by atoms with van der Waals surface area (Å²) in [5.74, 6) is -1.04. The summed E-state index contributed by atoms with van der Waals surface area (Å²) >= 11 is 4.70. The van der Waals surface area contributed by atoms with Crippen LogP contribution in [0.3, 0.4) is 0 Å². The number of urea groups is 1. The molecule has 21 heavy (non-hydrogen) atoms. The monoisotopic (exact) mass is 366 g/mol. The lowest BCUT2D eigenvalue weighted by Crippen LogP contribution is -2.20. The molecule has 1 aromatic heterocycles. The maximum atomic E-state index is 11.5. The fourth-order valence-corrected chi connectivity index (χ4v) is 4.31. The predicted molar refractivity (Wildman–Crippen MR) is 85.0 cm³/mol. The smallest absolute Gasteiger partial charge is 0.339 e. The van der Waals surface area contributed by atoms with Crippen molar-refractivity contribution < 1.29 is 14.7 Å². The molecule has 1 aliphatic carbocycles. The zero-order valence-corrected chi connectivity index (χ0v) is 13.2. The molecule has 0 bridgehead atoms. The largest absolute Gasteiger partial charge is 0.478 e. The van der Waals surface area contributed by atoms with E-state index in [1.807, 2.05) is 18.2 Å². The van der Waals surface area contributed by atoms with Crippen molar-refractivity contribution >= 4 is 44.3 Å². The molecule has 2 aromatic rings. The first-order valence-electron chi connectivity index (χ1n) is 6.21. The Hall–Kier alpha value is -1.86. The third-order valence-corrected chi connectivity index (χ3v) is 5.09. The van der Waals surface area contributed by atoms with Gasteiger partial charge in [0.25, 0.3) is 0 Å². The second-order valence-corrected chi connectivity index (χ2v) is 6.65. The van der Waals surface area contributed by atoms with Crippen molar-refractivity contribution in [3.63, 3.8) is 0 Å². The van der Waals surface area contributed by atoms with E-state index in [1.54, 1.807) is 0 Å². The van der Waals surface area contributed by atoms with Gasteiger partial charge in [0.1, 0.15) is 5.00 Å². The molecule has 1 aliphatic rings. The molecule has 0 saturated carbocycles. The third kappa shape index (κ3) is 2.43. The van der Waals surface area contributed by atoms with Gasteiger partial charge in [0.15, 0.2) is 0 Å². The molecule has 0 atom stereocenters. The molecule has 1 heterocycles. The number of halogens is 1. The second kappa shape index (κ2) is 5.16. The molecule has 7 heteroatoms. The van der Waals surface area contributed by atoms with Crippen LogP contribution >= 0.6 is 27.3 Å². The van der Waals surface area contributed by atoms with Crippen molar-refractivity contribution in [2.75, 3.05) is 5.32 Å². The number of hydrogen-bond donors (Lipinski definition) is 3. The summed E-state index contributed by atoms with van der Waals surface area (Å²) in [7, 11) is 0. The summed E-state index contributed by atoms with van der Waals surface area (Å²) in [6, 6.07) is 5.18. The van der Waals surface area contributed by atoms with E-state index in [-0.39, 0.29) is 5.56 Å². The Kier molecular flexibility index (Phi) is 3.46. The Morgan fingerprint density at radius 1 is 1.33 bits per heavy atom. The summed E-state index contributed by atoms with van der Waals surface area (Å²) < 4.78 is 0.996. The van der Waals surface area contributed by atoms with Gasteiger partial charge in [-0.2, -0.15) is 0 Å². The lowest BCUT2D eigenvalue weighted by atomic mass is 9.89. The van der Waals surface area contributed by atoms with Gasteiger partial charge in [-0.25, -0.2) is 9.59 Å². The fourth-order valence-electron chi connectivity index (χ4n) is 2.60. The fraction of sp³-hybridized carbons (Fsp3) is 0.143. The number of thiophene rings is 1. The molecule has 0 radical (unpaired) electrons. The van der Waals surface area contributed by atoms with Gasteiger partial charge in [0, 0.05) is 9.35 Å². The Bertz CT molecular complexity index is 770. The number of primary amides is 1. The number of nitrogens with two attached hydrogens (primary N) is 1. The van der Waals surface area contributed by atoms with Gasteiger partial charge in [0.2, 0.25) is 0 Å². The molecule has 0 unspecified atom stereocenters. The van der Waals surface area contributed by atoms with Crippen LogP contribution in [0.25, 0.3) is 10.4 Å². The van der Waals surface area contributed by atoms with Gasteiger partial charge in [0.05, 0.1) is 5.56 Å². The van der Waals surface area contributed by atoms with Crippen molar-refractivity contribution in [3.8, 4) is 10.4 Å². The molecule has 0 aliphatic heterocycles. The van der Waals surface area contributed by atoms with Crippen LogP contribution in [0.5, 0.6) is 0 Å². The normalized spacial score (nSPS) is 12.4. The van der Waals surface area contributed by atoms with E-state index in [0.717, 1.165) is 26.9 Å². The van der Waals surface area contributed by atoms with Crippen LogP contribution < -0.4 is 11.1 Å². The molecule has 0 saturated heterocycles. The van der Waals surface area contributed by atoms with E-state index >= 15 is 0 Å². The van der Waals surface area contributed by atoms with Crippen LogP contribution in [0.4, 0.5) is 9.80 Å². The summed E-state index contributed by atoms with van der Waals surface area (Å²) in [5.41, 5.74) is 8.23. The number of aromatic carboxylic acids is 1. The topological polar surface area (TPSA) is 92.4 Å². The van der Waals surface area contributed by atoms with Gasteiger partial charge in [-0.15, -0.1) is 11.3 Å². The van der Waals surface area contributed by atoms with Gasteiger partial charge in [-0.1, -0.05) is 22.0 Å².